The molecule has 1 N–H and O–H groups in total. The van der Waals surface area contributed by atoms with E-state index in [2.05, 4.69) is 5.32 Å². The van der Waals surface area contributed by atoms with E-state index in [-0.39, 0.29) is 11.6 Å². The topological polar surface area (TPSA) is 12.0 Å². The lowest BCUT2D eigenvalue weighted by Crippen LogP contribution is -2.04. The summed E-state index contributed by atoms with van der Waals surface area (Å²) < 4.78 is 52.3. The summed E-state index contributed by atoms with van der Waals surface area (Å²) in [4.78, 5) is 0. The fraction of sp³-hybridized carbons (Fsp3) is 0.0769. The molecule has 2 aromatic rings. The monoisotopic (exact) mass is 289 g/mol. The minimum absolute atomic E-state index is 0.0273. The van der Waals surface area contributed by atoms with Crippen LogP contribution in [-0.2, 0) is 6.54 Å². The number of rotatable bonds is 3. The first kappa shape index (κ1) is 13.7. The predicted octanol–water partition coefficient (Wildman–Crippen LogP) is 4.51. The highest BCUT2D eigenvalue weighted by Gasteiger charge is 2.11. The van der Waals surface area contributed by atoms with Crippen LogP contribution in [0, 0.1) is 23.3 Å². The zero-order chi connectivity index (χ0) is 14.0. The predicted molar refractivity (Wildman–Crippen MR) is 65.1 cm³/mol. The maximum atomic E-state index is 13.3. The van der Waals surface area contributed by atoms with Crippen molar-refractivity contribution in [3.63, 3.8) is 0 Å². The molecule has 6 heteroatoms. The molecular formula is C13H8ClF4N. The number of nitrogens with one attached hydrogen (secondary N) is 1. The molecular weight excluding hydrogens is 282 g/mol. The van der Waals surface area contributed by atoms with Crippen molar-refractivity contribution >= 4 is 17.3 Å². The molecule has 2 aromatic carbocycles. The van der Waals surface area contributed by atoms with Gasteiger partial charge in [0.15, 0.2) is 11.6 Å². The second kappa shape index (κ2) is 5.48. The highest BCUT2D eigenvalue weighted by molar-refractivity contribution is 6.30. The molecule has 0 radical (unpaired) electrons. The number of hydrogen-bond donors (Lipinski definition) is 1. The van der Waals surface area contributed by atoms with Gasteiger partial charge < -0.3 is 5.32 Å². The van der Waals surface area contributed by atoms with Gasteiger partial charge in [-0.3, -0.25) is 0 Å². The van der Waals surface area contributed by atoms with E-state index in [0.717, 1.165) is 6.07 Å². The van der Waals surface area contributed by atoms with E-state index < -0.39 is 29.0 Å². The first-order valence-corrected chi connectivity index (χ1v) is 5.67. The van der Waals surface area contributed by atoms with Gasteiger partial charge in [-0.15, -0.1) is 0 Å². The third kappa shape index (κ3) is 3.17. The van der Waals surface area contributed by atoms with E-state index in [4.69, 9.17) is 11.6 Å². The van der Waals surface area contributed by atoms with Crippen LogP contribution in [0.2, 0.25) is 5.02 Å². The third-order valence-corrected chi connectivity index (χ3v) is 2.75. The number of hydrogen-bond acceptors (Lipinski definition) is 1. The minimum atomic E-state index is -1.04. The Bertz CT molecular complexity index is 593. The Hall–Kier alpha value is -1.75. The highest BCUT2D eigenvalue weighted by atomic mass is 35.5. The number of halogens is 5. The Morgan fingerprint density at radius 3 is 2.11 bits per heavy atom. The lowest BCUT2D eigenvalue weighted by Gasteiger charge is -2.09. The van der Waals surface area contributed by atoms with Crippen molar-refractivity contribution in [3.05, 3.63) is 64.2 Å². The summed E-state index contributed by atoms with van der Waals surface area (Å²) in [5, 5.41) is 2.39. The van der Waals surface area contributed by atoms with E-state index in [1.165, 1.54) is 12.1 Å². The largest absolute Gasteiger partial charge is 0.376 e. The molecule has 100 valence electrons. The molecule has 19 heavy (non-hydrogen) atoms. The molecule has 0 amide bonds. The summed E-state index contributed by atoms with van der Waals surface area (Å²) in [6.45, 7) is 0.0273. The summed E-state index contributed by atoms with van der Waals surface area (Å²) in [6, 6.07) is 5.06. The van der Waals surface area contributed by atoms with Crippen molar-refractivity contribution < 1.29 is 17.6 Å². The average Bonchev–Trinajstić information content (AvgIpc) is 2.32. The van der Waals surface area contributed by atoms with Crippen LogP contribution < -0.4 is 5.32 Å². The van der Waals surface area contributed by atoms with E-state index in [0.29, 0.717) is 17.7 Å². The fourth-order valence-electron chi connectivity index (χ4n) is 1.55. The van der Waals surface area contributed by atoms with Crippen molar-refractivity contribution in [1.29, 1.82) is 0 Å². The Labute approximate surface area is 111 Å². The van der Waals surface area contributed by atoms with Crippen LogP contribution in [0.15, 0.2) is 30.3 Å². The van der Waals surface area contributed by atoms with Crippen LogP contribution in [0.25, 0.3) is 0 Å². The Balaban J connectivity index is 2.16. The maximum absolute atomic E-state index is 13.3. The SMILES string of the molecule is Fc1cc(F)c(NCc2ccc(F)c(Cl)c2)c(F)c1. The lowest BCUT2D eigenvalue weighted by molar-refractivity contribution is 0.547. The molecule has 0 saturated heterocycles. The van der Waals surface area contributed by atoms with Gasteiger partial charge >= 0.3 is 0 Å². The second-order valence-corrected chi connectivity index (χ2v) is 4.25. The van der Waals surface area contributed by atoms with E-state index >= 15 is 0 Å². The highest BCUT2D eigenvalue weighted by Crippen LogP contribution is 2.22. The summed E-state index contributed by atoms with van der Waals surface area (Å²) in [5.74, 6) is -3.65. The summed E-state index contributed by atoms with van der Waals surface area (Å²) >= 11 is 5.58. The quantitative estimate of drug-likeness (QED) is 0.820. The summed E-state index contributed by atoms with van der Waals surface area (Å²) in [7, 11) is 0. The Kier molecular flexibility index (Phi) is 3.95. The lowest BCUT2D eigenvalue weighted by atomic mass is 10.2. The molecule has 2 rings (SSSR count). The van der Waals surface area contributed by atoms with Crippen molar-refractivity contribution in [2.75, 3.05) is 5.32 Å². The molecule has 0 spiro atoms. The first-order valence-electron chi connectivity index (χ1n) is 5.29. The molecule has 0 aromatic heterocycles. The van der Waals surface area contributed by atoms with E-state index in [1.807, 2.05) is 0 Å². The zero-order valence-electron chi connectivity index (χ0n) is 9.48. The third-order valence-electron chi connectivity index (χ3n) is 2.46. The van der Waals surface area contributed by atoms with Crippen LogP contribution in [0.1, 0.15) is 5.56 Å². The number of benzene rings is 2. The molecule has 0 heterocycles. The van der Waals surface area contributed by atoms with Gasteiger partial charge in [0, 0.05) is 18.7 Å². The van der Waals surface area contributed by atoms with Crippen LogP contribution in [0.4, 0.5) is 23.2 Å². The fourth-order valence-corrected chi connectivity index (χ4v) is 1.75. The van der Waals surface area contributed by atoms with Crippen LogP contribution >= 0.6 is 11.6 Å². The smallest absolute Gasteiger partial charge is 0.152 e. The Morgan fingerprint density at radius 2 is 1.53 bits per heavy atom. The van der Waals surface area contributed by atoms with Gasteiger partial charge in [0.2, 0.25) is 0 Å². The average molecular weight is 290 g/mol. The van der Waals surface area contributed by atoms with Gasteiger partial charge in [-0.2, -0.15) is 0 Å². The van der Waals surface area contributed by atoms with Gasteiger partial charge in [-0.05, 0) is 17.7 Å². The van der Waals surface area contributed by atoms with Gasteiger partial charge in [0.25, 0.3) is 0 Å². The summed E-state index contributed by atoms with van der Waals surface area (Å²) in [6.07, 6.45) is 0. The molecule has 0 saturated carbocycles. The maximum Gasteiger partial charge on any atom is 0.152 e. The molecule has 0 aliphatic rings. The van der Waals surface area contributed by atoms with Crippen molar-refractivity contribution in [2.45, 2.75) is 6.54 Å². The van der Waals surface area contributed by atoms with Crippen molar-refractivity contribution in [1.82, 2.24) is 0 Å². The molecule has 0 aliphatic heterocycles. The molecule has 0 atom stereocenters. The molecule has 0 unspecified atom stereocenters. The normalized spacial score (nSPS) is 10.6. The second-order valence-electron chi connectivity index (χ2n) is 3.85. The van der Waals surface area contributed by atoms with Gasteiger partial charge in [0.1, 0.15) is 17.3 Å². The zero-order valence-corrected chi connectivity index (χ0v) is 10.2. The number of anilines is 1. The molecule has 0 bridgehead atoms. The standard InChI is InChI=1S/C13H8ClF4N/c14-9-3-7(1-2-10(9)16)6-19-13-11(17)4-8(15)5-12(13)18/h1-5,19H,6H2. The molecule has 1 nitrogen and oxygen atoms in total. The molecule has 0 fully saturated rings. The molecule has 0 aliphatic carbocycles. The first-order chi connectivity index (χ1) is 8.97. The van der Waals surface area contributed by atoms with Crippen molar-refractivity contribution in [3.8, 4) is 0 Å². The van der Waals surface area contributed by atoms with Crippen LogP contribution in [0.5, 0.6) is 0 Å². The van der Waals surface area contributed by atoms with Gasteiger partial charge in [0.05, 0.1) is 5.02 Å². The minimum Gasteiger partial charge on any atom is -0.376 e. The van der Waals surface area contributed by atoms with Gasteiger partial charge in [-0.25, -0.2) is 17.6 Å². The van der Waals surface area contributed by atoms with Crippen molar-refractivity contribution in [2.24, 2.45) is 0 Å². The van der Waals surface area contributed by atoms with E-state index in [1.54, 1.807) is 0 Å². The van der Waals surface area contributed by atoms with Crippen LogP contribution in [-0.4, -0.2) is 0 Å². The van der Waals surface area contributed by atoms with Gasteiger partial charge in [-0.1, -0.05) is 17.7 Å². The van der Waals surface area contributed by atoms with Crippen LogP contribution in [0.3, 0.4) is 0 Å². The summed E-state index contributed by atoms with van der Waals surface area (Å²) in [5.41, 5.74) is 0.0939. The Morgan fingerprint density at radius 1 is 0.895 bits per heavy atom. The van der Waals surface area contributed by atoms with E-state index in [9.17, 15) is 17.6 Å².